The summed E-state index contributed by atoms with van der Waals surface area (Å²) in [5.41, 5.74) is 0.542. The normalized spacial score (nSPS) is 28.7. The number of hydrogen-bond acceptors (Lipinski definition) is 4. The van der Waals surface area contributed by atoms with E-state index in [0.29, 0.717) is 11.6 Å². The van der Waals surface area contributed by atoms with Crippen molar-refractivity contribution >= 4 is 12.2 Å². The third-order valence-corrected chi connectivity index (χ3v) is 3.08. The van der Waals surface area contributed by atoms with Crippen LogP contribution in [0.5, 0.6) is 0 Å². The number of carbonyl (C=O) groups is 1. The Balaban J connectivity index is 1.85. The molecule has 1 aliphatic heterocycles. The van der Waals surface area contributed by atoms with Crippen LogP contribution >= 0.6 is 0 Å². The maximum Gasteiger partial charge on any atom is 0.225 e. The van der Waals surface area contributed by atoms with Gasteiger partial charge >= 0.3 is 0 Å². The second kappa shape index (κ2) is 2.77. The van der Waals surface area contributed by atoms with Gasteiger partial charge in [-0.1, -0.05) is 0 Å². The molecule has 1 saturated heterocycles. The van der Waals surface area contributed by atoms with Gasteiger partial charge in [-0.25, -0.2) is 9.97 Å². The van der Waals surface area contributed by atoms with Crippen LogP contribution < -0.4 is 4.90 Å². The Morgan fingerprint density at radius 3 is 2.71 bits per heavy atom. The van der Waals surface area contributed by atoms with Crippen LogP contribution in [-0.2, 0) is 0 Å². The third-order valence-electron chi connectivity index (χ3n) is 3.08. The summed E-state index contributed by atoms with van der Waals surface area (Å²) in [5.74, 6) is 1.66. The Kier molecular flexibility index (Phi) is 1.56. The second-order valence-electron chi connectivity index (χ2n) is 3.98. The van der Waals surface area contributed by atoms with E-state index in [-0.39, 0.29) is 0 Å². The molecular weight excluding hydrogens is 178 g/mol. The van der Waals surface area contributed by atoms with Crippen LogP contribution in [0.25, 0.3) is 0 Å². The fraction of sp³-hybridized carbons (Fsp3) is 0.500. The maximum absolute atomic E-state index is 10.4. The Hall–Kier alpha value is -1.45. The van der Waals surface area contributed by atoms with E-state index in [9.17, 15) is 4.79 Å². The van der Waals surface area contributed by atoms with Gasteiger partial charge < -0.3 is 4.90 Å². The maximum atomic E-state index is 10.4. The summed E-state index contributed by atoms with van der Waals surface area (Å²) in [7, 11) is 0. The van der Waals surface area contributed by atoms with E-state index in [2.05, 4.69) is 14.9 Å². The highest BCUT2D eigenvalue weighted by molar-refractivity contribution is 5.73. The zero-order valence-electron chi connectivity index (χ0n) is 7.76. The predicted molar refractivity (Wildman–Crippen MR) is 51.3 cm³/mol. The van der Waals surface area contributed by atoms with Crippen molar-refractivity contribution < 1.29 is 4.79 Å². The number of rotatable bonds is 2. The molecule has 1 aromatic rings. The second-order valence-corrected chi connectivity index (χ2v) is 3.98. The number of hydrogen-bond donors (Lipinski definition) is 0. The highest BCUT2D eigenvalue weighted by Gasteiger charge is 2.47. The average Bonchev–Trinajstić information content (AvgIpc) is 2.91. The Morgan fingerprint density at radius 2 is 2.21 bits per heavy atom. The van der Waals surface area contributed by atoms with Gasteiger partial charge in [-0.15, -0.1) is 0 Å². The molecule has 2 heterocycles. The standard InChI is InChI=1S/C10H11N3O/c14-6-7-4-11-10(12-5-7)13-2-1-8-3-9(8)13/h4-6,8-9H,1-3H2. The fourth-order valence-electron chi connectivity index (χ4n) is 2.18. The van der Waals surface area contributed by atoms with Gasteiger partial charge in [0.1, 0.15) is 0 Å². The van der Waals surface area contributed by atoms with Crippen molar-refractivity contribution in [1.29, 1.82) is 0 Å². The first kappa shape index (κ1) is 7.91. The first-order valence-corrected chi connectivity index (χ1v) is 4.92. The highest BCUT2D eigenvalue weighted by atomic mass is 16.1. The van der Waals surface area contributed by atoms with Gasteiger partial charge in [-0.2, -0.15) is 0 Å². The van der Waals surface area contributed by atoms with E-state index in [1.165, 1.54) is 12.8 Å². The van der Waals surface area contributed by atoms with Gasteiger partial charge in [0.2, 0.25) is 5.95 Å². The van der Waals surface area contributed by atoms with Gasteiger partial charge in [-0.05, 0) is 18.8 Å². The summed E-state index contributed by atoms with van der Waals surface area (Å²) >= 11 is 0. The minimum atomic E-state index is 0.542. The largest absolute Gasteiger partial charge is 0.338 e. The summed E-state index contributed by atoms with van der Waals surface area (Å²) < 4.78 is 0. The van der Waals surface area contributed by atoms with Crippen molar-refractivity contribution in [3.05, 3.63) is 18.0 Å². The first-order chi connectivity index (χ1) is 6.88. The van der Waals surface area contributed by atoms with Crippen molar-refractivity contribution in [2.24, 2.45) is 5.92 Å². The number of anilines is 1. The highest BCUT2D eigenvalue weighted by Crippen LogP contribution is 2.45. The molecule has 1 aromatic heterocycles. The number of aldehydes is 1. The lowest BCUT2D eigenvalue weighted by Gasteiger charge is -2.17. The summed E-state index contributed by atoms with van der Waals surface area (Å²) in [6, 6.07) is 0.678. The van der Waals surface area contributed by atoms with E-state index >= 15 is 0 Å². The molecule has 4 nitrogen and oxygen atoms in total. The van der Waals surface area contributed by atoms with Gasteiger partial charge in [0.05, 0.1) is 5.56 Å². The van der Waals surface area contributed by atoms with Crippen LogP contribution in [0.3, 0.4) is 0 Å². The molecule has 0 aromatic carbocycles. The zero-order valence-corrected chi connectivity index (χ0v) is 7.76. The van der Waals surface area contributed by atoms with Crippen molar-refractivity contribution in [1.82, 2.24) is 9.97 Å². The van der Waals surface area contributed by atoms with Crippen LogP contribution in [0, 0.1) is 5.92 Å². The molecule has 2 aliphatic rings. The van der Waals surface area contributed by atoms with E-state index in [1.54, 1.807) is 12.4 Å². The Morgan fingerprint density at radius 1 is 1.43 bits per heavy atom. The molecular formula is C10H11N3O. The van der Waals surface area contributed by atoms with Gasteiger partial charge in [0.25, 0.3) is 0 Å². The number of piperidine rings is 1. The van der Waals surface area contributed by atoms with E-state index < -0.39 is 0 Å². The van der Waals surface area contributed by atoms with Crippen molar-refractivity contribution in [3.63, 3.8) is 0 Å². The van der Waals surface area contributed by atoms with E-state index in [0.717, 1.165) is 24.7 Å². The number of nitrogens with zero attached hydrogens (tertiary/aromatic N) is 3. The molecule has 0 radical (unpaired) electrons. The SMILES string of the molecule is O=Cc1cnc(N2CCC3CC32)nc1. The van der Waals surface area contributed by atoms with Gasteiger partial charge in [-0.3, -0.25) is 4.79 Å². The summed E-state index contributed by atoms with van der Waals surface area (Å²) in [5, 5.41) is 0. The van der Waals surface area contributed by atoms with Gasteiger partial charge in [0.15, 0.2) is 6.29 Å². The molecule has 3 rings (SSSR count). The summed E-state index contributed by atoms with van der Waals surface area (Å²) in [6.07, 6.45) is 6.51. The monoisotopic (exact) mass is 189 g/mol. The van der Waals surface area contributed by atoms with E-state index in [1.807, 2.05) is 0 Å². The molecule has 2 unspecified atom stereocenters. The first-order valence-electron chi connectivity index (χ1n) is 4.92. The van der Waals surface area contributed by atoms with Crippen LogP contribution in [0.1, 0.15) is 23.2 Å². The average molecular weight is 189 g/mol. The van der Waals surface area contributed by atoms with Crippen LogP contribution in [-0.4, -0.2) is 28.8 Å². The van der Waals surface area contributed by atoms with Crippen molar-refractivity contribution in [2.45, 2.75) is 18.9 Å². The zero-order chi connectivity index (χ0) is 9.54. The predicted octanol–water partition coefficient (Wildman–Crippen LogP) is 0.888. The molecule has 2 fully saturated rings. The summed E-state index contributed by atoms with van der Waals surface area (Å²) in [4.78, 5) is 21.1. The molecule has 0 N–H and O–H groups in total. The van der Waals surface area contributed by atoms with Crippen molar-refractivity contribution in [2.75, 3.05) is 11.4 Å². The number of carbonyl (C=O) groups excluding carboxylic acids is 1. The molecule has 1 aliphatic carbocycles. The minimum absolute atomic E-state index is 0.542. The van der Waals surface area contributed by atoms with Crippen molar-refractivity contribution in [3.8, 4) is 0 Å². The van der Waals surface area contributed by atoms with Crippen LogP contribution in [0.15, 0.2) is 12.4 Å². The van der Waals surface area contributed by atoms with E-state index in [4.69, 9.17) is 0 Å². The lowest BCUT2D eigenvalue weighted by Crippen LogP contribution is -2.24. The molecule has 0 spiro atoms. The number of aromatic nitrogens is 2. The lowest BCUT2D eigenvalue weighted by molar-refractivity contribution is 0.112. The molecule has 0 bridgehead atoms. The topological polar surface area (TPSA) is 46.1 Å². The quantitative estimate of drug-likeness (QED) is 0.648. The molecule has 14 heavy (non-hydrogen) atoms. The molecule has 2 atom stereocenters. The third kappa shape index (κ3) is 1.10. The lowest BCUT2D eigenvalue weighted by atomic mass is 10.3. The summed E-state index contributed by atoms with van der Waals surface area (Å²) in [6.45, 7) is 1.07. The molecule has 0 amide bonds. The molecule has 1 saturated carbocycles. The Labute approximate surface area is 82.0 Å². The van der Waals surface area contributed by atoms with Crippen LogP contribution in [0.2, 0.25) is 0 Å². The Bertz CT molecular complexity index is 362. The fourth-order valence-corrected chi connectivity index (χ4v) is 2.18. The molecule has 4 heteroatoms. The molecule has 72 valence electrons. The minimum Gasteiger partial charge on any atom is -0.338 e. The van der Waals surface area contributed by atoms with Gasteiger partial charge in [0, 0.05) is 25.0 Å². The van der Waals surface area contributed by atoms with Crippen LogP contribution in [0.4, 0.5) is 5.95 Å². The smallest absolute Gasteiger partial charge is 0.225 e. The number of fused-ring (bicyclic) bond motifs is 1.